The molecule has 0 aromatic heterocycles. The van der Waals surface area contributed by atoms with Crippen LogP contribution in [0.3, 0.4) is 0 Å². The molecular weight excluding hydrogens is 405 g/mol. The number of halogens is 5. The average molecular weight is 412 g/mol. The Bertz CT molecular complexity index is 836. The Hall–Kier alpha value is -1.54. The van der Waals surface area contributed by atoms with Gasteiger partial charge in [0.15, 0.2) is 11.6 Å². The van der Waals surface area contributed by atoms with Crippen molar-refractivity contribution >= 4 is 65.2 Å². The molecule has 0 atom stereocenters. The molecule has 24 heavy (non-hydrogen) atoms. The van der Waals surface area contributed by atoms with Crippen molar-refractivity contribution in [3.8, 4) is 0 Å². The summed E-state index contributed by atoms with van der Waals surface area (Å²) >= 11 is 20.6. The molecule has 0 fully saturated rings. The maximum absolute atomic E-state index is 14.0. The van der Waals surface area contributed by atoms with Gasteiger partial charge in [0.2, 0.25) is 0 Å². The van der Waals surface area contributed by atoms with Crippen LogP contribution in [0.25, 0.3) is 0 Å². The van der Waals surface area contributed by atoms with E-state index in [0.29, 0.717) is 4.31 Å². The fourth-order valence-electron chi connectivity index (χ4n) is 1.69. The van der Waals surface area contributed by atoms with Crippen LogP contribution >= 0.6 is 47.6 Å². The van der Waals surface area contributed by atoms with Crippen LogP contribution in [-0.4, -0.2) is 11.9 Å². The highest BCUT2D eigenvalue weighted by atomic mass is 35.5. The summed E-state index contributed by atoms with van der Waals surface area (Å²) in [4.78, 5) is 24.0. The van der Waals surface area contributed by atoms with Crippen LogP contribution in [0, 0.1) is 11.6 Å². The molecule has 10 heteroatoms. The number of nitrogens with one attached hydrogen (secondary N) is 1. The molecule has 0 heterocycles. The monoisotopic (exact) mass is 410 g/mol. The molecule has 2 aromatic rings. The molecule has 0 bridgehead atoms. The predicted molar refractivity (Wildman–Crippen MR) is 92.2 cm³/mol. The first kappa shape index (κ1) is 18.8. The van der Waals surface area contributed by atoms with Crippen LogP contribution in [0.4, 0.5) is 19.3 Å². The van der Waals surface area contributed by atoms with Gasteiger partial charge >= 0.3 is 6.03 Å². The van der Waals surface area contributed by atoms with Gasteiger partial charge in [-0.1, -0.05) is 59.8 Å². The van der Waals surface area contributed by atoms with E-state index in [9.17, 15) is 18.4 Å². The minimum absolute atomic E-state index is 0.0323. The number of imide groups is 1. The van der Waals surface area contributed by atoms with E-state index in [1.54, 1.807) is 12.1 Å². The number of rotatable bonds is 2. The third kappa shape index (κ3) is 3.75. The van der Waals surface area contributed by atoms with E-state index in [0.717, 1.165) is 6.07 Å². The molecule has 126 valence electrons. The molecule has 0 saturated heterocycles. The molecule has 2 rings (SSSR count). The smallest absolute Gasteiger partial charge is 0.273 e. The number of hydrogen-bond acceptors (Lipinski definition) is 3. The van der Waals surface area contributed by atoms with Crippen molar-refractivity contribution in [2.45, 2.75) is 0 Å². The van der Waals surface area contributed by atoms with Crippen molar-refractivity contribution < 1.29 is 18.4 Å². The summed E-state index contributed by atoms with van der Waals surface area (Å²) < 4.78 is 27.8. The molecule has 4 nitrogen and oxygen atoms in total. The minimum atomic E-state index is -1.26. The van der Waals surface area contributed by atoms with Gasteiger partial charge in [0, 0.05) is 0 Å². The number of hydrogen-bond donors (Lipinski definition) is 2. The lowest BCUT2D eigenvalue weighted by molar-refractivity contribution is 0.0966. The van der Waals surface area contributed by atoms with Crippen LogP contribution in [0.2, 0.25) is 15.1 Å². The molecule has 0 aliphatic carbocycles. The van der Waals surface area contributed by atoms with Gasteiger partial charge in [-0.15, -0.1) is 0 Å². The normalized spacial score (nSPS) is 10.4. The molecule has 1 N–H and O–H groups in total. The zero-order valence-electron chi connectivity index (χ0n) is 11.5. The molecule has 0 aliphatic rings. The second-order valence-electron chi connectivity index (χ2n) is 4.37. The number of thiol groups is 1. The van der Waals surface area contributed by atoms with Crippen molar-refractivity contribution in [2.24, 2.45) is 0 Å². The van der Waals surface area contributed by atoms with Gasteiger partial charge in [0.1, 0.15) is 5.02 Å². The lowest BCUT2D eigenvalue weighted by Gasteiger charge is -2.18. The fraction of sp³-hybridized carbons (Fsp3) is 0. The van der Waals surface area contributed by atoms with Crippen LogP contribution in [0.5, 0.6) is 0 Å². The first-order valence-corrected chi connectivity index (χ1v) is 7.69. The van der Waals surface area contributed by atoms with E-state index in [2.05, 4.69) is 12.8 Å². The van der Waals surface area contributed by atoms with Crippen molar-refractivity contribution in [1.29, 1.82) is 0 Å². The van der Waals surface area contributed by atoms with E-state index >= 15 is 0 Å². The third-order valence-electron chi connectivity index (χ3n) is 2.84. The Morgan fingerprint density at radius 2 is 1.67 bits per heavy atom. The highest BCUT2D eigenvalue weighted by Crippen LogP contribution is 2.34. The van der Waals surface area contributed by atoms with Gasteiger partial charge in [-0.3, -0.25) is 10.1 Å². The van der Waals surface area contributed by atoms with Gasteiger partial charge in [0.25, 0.3) is 5.91 Å². The van der Waals surface area contributed by atoms with Crippen LogP contribution < -0.4 is 9.62 Å². The standard InChI is InChI=1S/C14H7Cl3F2N2O2S/c15-7-4-2-1-3-6(7)13(22)20-14(23)21(24)9-5-8(16)11(18)10(17)12(9)19/h1-5,24H,(H,20,22,23). The van der Waals surface area contributed by atoms with E-state index in [1.165, 1.54) is 12.1 Å². The summed E-state index contributed by atoms with van der Waals surface area (Å²) in [5, 5.41) is 0.660. The average Bonchev–Trinajstić information content (AvgIpc) is 2.55. The highest BCUT2D eigenvalue weighted by Gasteiger charge is 2.24. The third-order valence-corrected chi connectivity index (χ3v) is 4.18. The number of nitrogens with zero attached hydrogens (tertiary/aromatic N) is 1. The molecular formula is C14H7Cl3F2N2O2S. The molecule has 0 radical (unpaired) electrons. The van der Waals surface area contributed by atoms with Crippen LogP contribution in [-0.2, 0) is 0 Å². The summed E-state index contributed by atoms with van der Waals surface area (Å²) in [6.45, 7) is 0. The van der Waals surface area contributed by atoms with Crippen LogP contribution in [0.1, 0.15) is 10.4 Å². The number of anilines is 1. The molecule has 0 spiro atoms. The molecule has 2 aromatic carbocycles. The zero-order chi connectivity index (χ0) is 18.0. The number of carbonyl (C=O) groups is 2. The summed E-state index contributed by atoms with van der Waals surface area (Å²) in [7, 11) is 0. The predicted octanol–water partition coefficient (Wildman–Crippen LogP) is 5.13. The molecule has 0 aliphatic heterocycles. The summed E-state index contributed by atoms with van der Waals surface area (Å²) in [5.74, 6) is -3.26. The second kappa shape index (κ2) is 7.57. The van der Waals surface area contributed by atoms with Gasteiger partial charge in [-0.05, 0) is 18.2 Å². The summed E-state index contributed by atoms with van der Waals surface area (Å²) in [5.41, 5.74) is -0.496. The largest absolute Gasteiger partial charge is 0.338 e. The molecule has 3 amide bonds. The number of benzene rings is 2. The number of carbonyl (C=O) groups excluding carboxylic acids is 2. The van der Waals surface area contributed by atoms with Gasteiger partial charge in [0.05, 0.1) is 21.3 Å². The first-order valence-electron chi connectivity index (χ1n) is 6.16. The van der Waals surface area contributed by atoms with Gasteiger partial charge in [-0.2, -0.15) is 0 Å². The maximum atomic E-state index is 14.0. The van der Waals surface area contributed by atoms with Crippen molar-refractivity contribution in [1.82, 2.24) is 5.32 Å². The quantitative estimate of drug-likeness (QED) is 0.409. The Labute approximate surface area is 155 Å². The van der Waals surface area contributed by atoms with Crippen molar-refractivity contribution in [2.75, 3.05) is 4.31 Å². The first-order chi connectivity index (χ1) is 11.2. The SMILES string of the molecule is O=C(NC(=O)N(S)c1cc(Cl)c(F)c(Cl)c1F)c1ccccc1Cl. The lowest BCUT2D eigenvalue weighted by atomic mass is 10.2. The number of amides is 3. The number of urea groups is 1. The summed E-state index contributed by atoms with van der Waals surface area (Å²) in [6.07, 6.45) is 0. The van der Waals surface area contributed by atoms with Crippen LogP contribution in [0.15, 0.2) is 30.3 Å². The molecule has 0 saturated carbocycles. The van der Waals surface area contributed by atoms with Gasteiger partial charge < -0.3 is 0 Å². The second-order valence-corrected chi connectivity index (χ2v) is 5.96. The van der Waals surface area contributed by atoms with E-state index in [-0.39, 0.29) is 10.6 Å². The lowest BCUT2D eigenvalue weighted by Crippen LogP contribution is -2.38. The minimum Gasteiger partial charge on any atom is -0.273 e. The van der Waals surface area contributed by atoms with E-state index in [4.69, 9.17) is 34.8 Å². The van der Waals surface area contributed by atoms with Crippen molar-refractivity contribution in [3.05, 3.63) is 62.6 Å². The van der Waals surface area contributed by atoms with Gasteiger partial charge in [-0.25, -0.2) is 17.9 Å². The summed E-state index contributed by atoms with van der Waals surface area (Å²) in [6, 6.07) is 5.69. The Kier molecular flexibility index (Phi) is 5.92. The highest BCUT2D eigenvalue weighted by molar-refractivity contribution is 7.82. The van der Waals surface area contributed by atoms with E-state index in [1.807, 2.05) is 5.32 Å². The maximum Gasteiger partial charge on any atom is 0.338 e. The zero-order valence-corrected chi connectivity index (χ0v) is 14.6. The molecule has 0 unspecified atom stereocenters. The Morgan fingerprint density at radius 3 is 2.29 bits per heavy atom. The Balaban J connectivity index is 2.25. The van der Waals surface area contributed by atoms with E-state index < -0.39 is 39.3 Å². The Morgan fingerprint density at radius 1 is 1.04 bits per heavy atom. The fourth-order valence-corrected chi connectivity index (χ4v) is 2.55. The topological polar surface area (TPSA) is 49.4 Å². The van der Waals surface area contributed by atoms with Crippen molar-refractivity contribution in [3.63, 3.8) is 0 Å².